The third kappa shape index (κ3) is 21.9. The second-order valence-corrected chi connectivity index (χ2v) is 11.3. The highest BCUT2D eigenvalue weighted by atomic mass is 31.2. The van der Waals surface area contributed by atoms with Crippen LogP contribution >= 0.6 is 7.60 Å². The molecule has 0 aromatic heterocycles. The molecule has 0 aliphatic rings. The van der Waals surface area contributed by atoms with Gasteiger partial charge >= 0.3 is 13.6 Å². The molecule has 2 atom stereocenters. The van der Waals surface area contributed by atoms with Crippen molar-refractivity contribution >= 4 is 13.6 Å². The van der Waals surface area contributed by atoms with Crippen molar-refractivity contribution in [2.24, 2.45) is 5.18 Å². The van der Waals surface area contributed by atoms with Crippen molar-refractivity contribution in [3.8, 4) is 0 Å². The molecule has 0 aromatic carbocycles. The number of rotatable bonds is 26. The van der Waals surface area contributed by atoms with Gasteiger partial charge in [0.1, 0.15) is 6.04 Å². The summed E-state index contributed by atoms with van der Waals surface area (Å²) >= 11 is 0. The average Bonchev–Trinajstić information content (AvgIpc) is 2.86. The Morgan fingerprint density at radius 2 is 1.51 bits per heavy atom. The number of esters is 1. The minimum atomic E-state index is -3.35. The zero-order valence-corrected chi connectivity index (χ0v) is 23.1. The molecule has 2 unspecified atom stereocenters. The Labute approximate surface area is 213 Å². The first-order chi connectivity index (χ1) is 17.0. The Hall–Kier alpha value is -1.08. The van der Waals surface area contributed by atoms with E-state index in [-0.39, 0.29) is 25.3 Å². The number of allylic oxidation sites excluding steroid dienone is 2. The van der Waals surface area contributed by atoms with Crippen LogP contribution in [0.1, 0.15) is 110 Å². The average molecular weight is 520 g/mol. The molecule has 0 aliphatic carbocycles. The zero-order chi connectivity index (χ0) is 26.0. The first-order valence-electron chi connectivity index (χ1n) is 13.5. The van der Waals surface area contributed by atoms with E-state index in [0.717, 1.165) is 25.7 Å². The lowest BCUT2D eigenvalue weighted by molar-refractivity contribution is -0.143. The van der Waals surface area contributed by atoms with Crippen LogP contribution in [0.3, 0.4) is 0 Å². The van der Waals surface area contributed by atoms with Crippen molar-refractivity contribution in [2.75, 3.05) is 33.1 Å². The standard InChI is InChI=1S/C26H50NO7P/c1-3-4-5-6-7-8-9-10-11-12-13-14-15-16-17-20-26(29)33-21-18-19-22-35(31,32-2)34-24-25(23-28)27-30/h10-11,25,28H,3-9,12-24H2,1-2H3/b11-10-. The second kappa shape index (κ2) is 24.6. The predicted molar refractivity (Wildman–Crippen MR) is 142 cm³/mol. The Kier molecular flexibility index (Phi) is 23.8. The summed E-state index contributed by atoms with van der Waals surface area (Å²) in [7, 11) is -2.07. The van der Waals surface area contributed by atoms with Gasteiger partial charge in [-0.3, -0.25) is 9.36 Å². The smallest absolute Gasteiger partial charge is 0.330 e. The molecule has 0 aliphatic heterocycles. The van der Waals surface area contributed by atoms with E-state index in [9.17, 15) is 14.3 Å². The van der Waals surface area contributed by atoms with E-state index >= 15 is 0 Å². The molecular weight excluding hydrogens is 469 g/mol. The SMILES string of the molecule is CCCCCCCC/C=C\CCCCCCCC(=O)OCCCCP(=O)(OC)OCC(CO)N=O. The third-order valence-electron chi connectivity index (χ3n) is 5.83. The van der Waals surface area contributed by atoms with Gasteiger partial charge in [-0.05, 0) is 44.9 Å². The minimum absolute atomic E-state index is 0.145. The van der Waals surface area contributed by atoms with Crippen molar-refractivity contribution in [1.82, 2.24) is 0 Å². The molecule has 0 saturated heterocycles. The van der Waals surface area contributed by atoms with Crippen LogP contribution in [0.4, 0.5) is 0 Å². The molecule has 35 heavy (non-hydrogen) atoms. The number of aliphatic hydroxyl groups excluding tert-OH is 1. The molecule has 0 heterocycles. The molecule has 0 fully saturated rings. The van der Waals surface area contributed by atoms with Crippen LogP contribution in [0.25, 0.3) is 0 Å². The summed E-state index contributed by atoms with van der Waals surface area (Å²) in [6, 6.07) is -0.962. The summed E-state index contributed by atoms with van der Waals surface area (Å²) in [6.45, 7) is 1.79. The minimum Gasteiger partial charge on any atom is -0.466 e. The Bertz CT molecular complexity index is 586. The highest BCUT2D eigenvalue weighted by Crippen LogP contribution is 2.48. The monoisotopic (exact) mass is 519 g/mol. The maximum absolute atomic E-state index is 12.4. The first-order valence-corrected chi connectivity index (χ1v) is 15.3. The molecule has 0 amide bonds. The van der Waals surface area contributed by atoms with E-state index in [1.807, 2.05) is 0 Å². The maximum Gasteiger partial charge on any atom is 0.330 e. The number of carbonyl (C=O) groups is 1. The van der Waals surface area contributed by atoms with Crippen molar-refractivity contribution in [2.45, 2.75) is 116 Å². The largest absolute Gasteiger partial charge is 0.466 e. The van der Waals surface area contributed by atoms with Crippen molar-refractivity contribution in [3.63, 3.8) is 0 Å². The maximum atomic E-state index is 12.4. The van der Waals surface area contributed by atoms with Gasteiger partial charge in [-0.1, -0.05) is 75.6 Å². The van der Waals surface area contributed by atoms with E-state index in [2.05, 4.69) is 24.3 Å². The van der Waals surface area contributed by atoms with Crippen LogP contribution in [-0.4, -0.2) is 50.2 Å². The molecule has 0 aromatic rings. The number of hydrogen-bond acceptors (Lipinski definition) is 8. The fourth-order valence-electron chi connectivity index (χ4n) is 3.53. The lowest BCUT2D eigenvalue weighted by Gasteiger charge is -2.17. The molecular formula is C26H50NO7P. The van der Waals surface area contributed by atoms with Gasteiger partial charge in [-0.15, -0.1) is 0 Å². The van der Waals surface area contributed by atoms with Crippen LogP contribution < -0.4 is 0 Å². The van der Waals surface area contributed by atoms with Gasteiger partial charge in [0, 0.05) is 13.5 Å². The Balaban J connectivity index is 3.57. The van der Waals surface area contributed by atoms with E-state index in [0.29, 0.717) is 19.3 Å². The summed E-state index contributed by atoms with van der Waals surface area (Å²) in [5.41, 5.74) is 0. The van der Waals surface area contributed by atoms with E-state index < -0.39 is 20.2 Å². The number of hydrogen-bond donors (Lipinski definition) is 1. The number of aliphatic hydroxyl groups is 1. The molecule has 0 bridgehead atoms. The second-order valence-electron chi connectivity index (χ2n) is 9.02. The van der Waals surface area contributed by atoms with Gasteiger partial charge in [0.05, 0.1) is 26.0 Å². The number of nitroso groups, excluding NO2 is 1. The van der Waals surface area contributed by atoms with Gasteiger partial charge < -0.3 is 18.9 Å². The Morgan fingerprint density at radius 3 is 2.09 bits per heavy atom. The molecule has 0 radical (unpaired) electrons. The lowest BCUT2D eigenvalue weighted by Crippen LogP contribution is -2.17. The molecule has 8 nitrogen and oxygen atoms in total. The lowest BCUT2D eigenvalue weighted by atomic mass is 10.1. The summed E-state index contributed by atoms with van der Waals surface area (Å²) in [6.07, 6.45) is 22.1. The van der Waals surface area contributed by atoms with Crippen LogP contribution in [0.2, 0.25) is 0 Å². The normalized spacial score (nSPS) is 14.1. The highest BCUT2D eigenvalue weighted by molar-refractivity contribution is 7.53. The van der Waals surface area contributed by atoms with Crippen molar-refractivity contribution in [1.29, 1.82) is 0 Å². The summed E-state index contributed by atoms with van der Waals surface area (Å²) in [4.78, 5) is 22.3. The van der Waals surface area contributed by atoms with Crippen LogP contribution in [-0.2, 0) is 23.1 Å². The molecule has 0 rings (SSSR count). The molecule has 1 N–H and O–H groups in total. The predicted octanol–water partition coefficient (Wildman–Crippen LogP) is 7.33. The van der Waals surface area contributed by atoms with E-state index in [1.54, 1.807) is 0 Å². The first kappa shape index (κ1) is 33.9. The fourth-order valence-corrected chi connectivity index (χ4v) is 4.96. The van der Waals surface area contributed by atoms with E-state index in [4.69, 9.17) is 18.9 Å². The highest BCUT2D eigenvalue weighted by Gasteiger charge is 2.24. The summed E-state index contributed by atoms with van der Waals surface area (Å²) in [5.74, 6) is -0.198. The van der Waals surface area contributed by atoms with Crippen LogP contribution in [0.15, 0.2) is 17.3 Å². The fraction of sp³-hybridized carbons (Fsp3) is 0.885. The van der Waals surface area contributed by atoms with Gasteiger partial charge in [0.25, 0.3) is 0 Å². The number of unbranched alkanes of at least 4 members (excludes halogenated alkanes) is 12. The Morgan fingerprint density at radius 1 is 0.914 bits per heavy atom. The van der Waals surface area contributed by atoms with Gasteiger partial charge in [-0.2, -0.15) is 4.91 Å². The summed E-state index contributed by atoms with van der Waals surface area (Å²) < 4.78 is 27.7. The van der Waals surface area contributed by atoms with E-state index in [1.165, 1.54) is 64.9 Å². The number of nitrogens with zero attached hydrogens (tertiary/aromatic N) is 1. The van der Waals surface area contributed by atoms with Crippen molar-refractivity contribution < 1.29 is 28.3 Å². The summed E-state index contributed by atoms with van der Waals surface area (Å²) in [5, 5.41) is 11.6. The zero-order valence-electron chi connectivity index (χ0n) is 22.2. The number of carbonyl (C=O) groups excluding carboxylic acids is 1. The molecule has 0 saturated carbocycles. The quantitative estimate of drug-likeness (QED) is 0.0418. The molecule has 9 heteroatoms. The topological polar surface area (TPSA) is 111 Å². The van der Waals surface area contributed by atoms with Crippen molar-refractivity contribution in [3.05, 3.63) is 17.1 Å². The number of ether oxygens (including phenoxy) is 1. The third-order valence-corrected chi connectivity index (χ3v) is 7.80. The molecule has 206 valence electrons. The van der Waals surface area contributed by atoms with Gasteiger partial charge in [0.15, 0.2) is 0 Å². The van der Waals surface area contributed by atoms with Gasteiger partial charge in [0.2, 0.25) is 0 Å². The molecule has 0 spiro atoms. The van der Waals surface area contributed by atoms with Crippen LogP contribution in [0.5, 0.6) is 0 Å². The van der Waals surface area contributed by atoms with Gasteiger partial charge in [-0.25, -0.2) is 0 Å². The van der Waals surface area contributed by atoms with Crippen LogP contribution in [0, 0.1) is 4.91 Å².